The third kappa shape index (κ3) is 2.77. The maximum absolute atomic E-state index is 12.0. The molecule has 0 bridgehead atoms. The van der Waals surface area contributed by atoms with E-state index in [0.717, 1.165) is 0 Å². The maximum Gasteiger partial charge on any atom is 0.213 e. The van der Waals surface area contributed by atoms with Crippen LogP contribution in [0.4, 0.5) is 4.39 Å². The Morgan fingerprint density at radius 1 is 1.56 bits per heavy atom. The average molecular weight is 212 g/mol. The summed E-state index contributed by atoms with van der Waals surface area (Å²) in [6.45, 7) is 0. The number of nitrogens with zero attached hydrogens (tertiary/aromatic N) is 1. The van der Waals surface area contributed by atoms with E-state index in [9.17, 15) is 4.39 Å². The zero-order valence-corrected chi connectivity index (χ0v) is 6.75. The summed E-state index contributed by atoms with van der Waals surface area (Å²) in [6.07, 6.45) is 1.40. The molecule has 0 unspecified atom stereocenters. The molecule has 1 aromatic rings. The molecule has 0 fully saturated rings. The smallest absolute Gasteiger partial charge is 0.213 e. The van der Waals surface area contributed by atoms with Crippen LogP contribution in [0.3, 0.4) is 0 Å². The van der Waals surface area contributed by atoms with Gasteiger partial charge >= 0.3 is 0 Å². The van der Waals surface area contributed by atoms with Crippen LogP contribution in [0.15, 0.2) is 22.8 Å². The minimum Gasteiger partial charge on any atom is -0.228 e. The lowest BCUT2D eigenvalue weighted by Gasteiger charge is -1.85. The summed E-state index contributed by atoms with van der Waals surface area (Å²) >= 11 is 3.08. The highest BCUT2D eigenvalue weighted by Gasteiger charge is 1.87. The van der Waals surface area contributed by atoms with Crippen LogP contribution in [-0.2, 0) is 0 Å². The minimum atomic E-state index is -0.459. The molecule has 0 atom stereocenters. The second-order valence-corrected chi connectivity index (χ2v) is 2.21. The van der Waals surface area contributed by atoms with E-state index in [-0.39, 0.29) is 12.4 Å². The van der Waals surface area contributed by atoms with Crippen molar-refractivity contribution in [1.82, 2.24) is 4.98 Å². The van der Waals surface area contributed by atoms with Gasteiger partial charge in [-0.15, -0.1) is 12.4 Å². The largest absolute Gasteiger partial charge is 0.228 e. The molecule has 0 amide bonds. The van der Waals surface area contributed by atoms with E-state index in [1.54, 1.807) is 6.07 Å². The summed E-state index contributed by atoms with van der Waals surface area (Å²) in [7, 11) is 0. The van der Waals surface area contributed by atoms with Crippen molar-refractivity contribution in [2.75, 3.05) is 0 Å². The molecule has 0 aliphatic rings. The van der Waals surface area contributed by atoms with Gasteiger partial charge in [-0.3, -0.25) is 0 Å². The topological polar surface area (TPSA) is 12.9 Å². The Balaban J connectivity index is 0.000000640. The zero-order chi connectivity index (χ0) is 5.98. The molecule has 0 saturated carbocycles. The SMILES string of the molecule is Cl.Fc1cc(Br)ccn1. The van der Waals surface area contributed by atoms with E-state index in [4.69, 9.17) is 0 Å². The van der Waals surface area contributed by atoms with Gasteiger partial charge in [-0.05, 0) is 6.07 Å². The minimum absolute atomic E-state index is 0. The quantitative estimate of drug-likeness (QED) is 0.602. The molecule has 50 valence electrons. The van der Waals surface area contributed by atoms with Gasteiger partial charge in [0.25, 0.3) is 0 Å². The molecule has 1 rings (SSSR count). The van der Waals surface area contributed by atoms with E-state index in [2.05, 4.69) is 20.9 Å². The Labute approximate surface area is 66.8 Å². The molecule has 0 aliphatic carbocycles. The van der Waals surface area contributed by atoms with Crippen molar-refractivity contribution >= 4 is 28.3 Å². The van der Waals surface area contributed by atoms with Gasteiger partial charge in [0.15, 0.2) is 0 Å². The van der Waals surface area contributed by atoms with Gasteiger partial charge in [0.2, 0.25) is 5.95 Å². The molecule has 1 aromatic heterocycles. The first-order chi connectivity index (χ1) is 3.79. The third-order valence-electron chi connectivity index (χ3n) is 0.689. The van der Waals surface area contributed by atoms with Crippen LogP contribution in [0.25, 0.3) is 0 Å². The number of aromatic nitrogens is 1. The Morgan fingerprint density at radius 3 is 2.56 bits per heavy atom. The predicted molar refractivity (Wildman–Crippen MR) is 39.1 cm³/mol. The highest BCUT2D eigenvalue weighted by molar-refractivity contribution is 9.10. The van der Waals surface area contributed by atoms with Crippen LogP contribution in [0.5, 0.6) is 0 Å². The fourth-order valence-electron chi connectivity index (χ4n) is 0.379. The fraction of sp³-hybridized carbons (Fsp3) is 0. The highest BCUT2D eigenvalue weighted by Crippen LogP contribution is 2.06. The van der Waals surface area contributed by atoms with Crippen LogP contribution >= 0.6 is 28.3 Å². The van der Waals surface area contributed by atoms with E-state index >= 15 is 0 Å². The lowest BCUT2D eigenvalue weighted by molar-refractivity contribution is 0.583. The van der Waals surface area contributed by atoms with Gasteiger partial charge in [0, 0.05) is 16.7 Å². The summed E-state index contributed by atoms with van der Waals surface area (Å²) in [5.41, 5.74) is 0. The number of hydrogen-bond donors (Lipinski definition) is 0. The van der Waals surface area contributed by atoms with Crippen molar-refractivity contribution in [1.29, 1.82) is 0 Å². The van der Waals surface area contributed by atoms with Gasteiger partial charge in [-0.25, -0.2) is 4.98 Å². The standard InChI is InChI=1S/C5H3BrFN.ClH/c6-4-1-2-8-5(7)3-4;/h1-3H;1H. The Kier molecular flexibility index (Phi) is 3.73. The first-order valence-corrected chi connectivity index (χ1v) is 2.85. The zero-order valence-electron chi connectivity index (χ0n) is 4.34. The van der Waals surface area contributed by atoms with Crippen molar-refractivity contribution in [2.45, 2.75) is 0 Å². The van der Waals surface area contributed by atoms with E-state index in [1.165, 1.54) is 12.3 Å². The predicted octanol–water partition coefficient (Wildman–Crippen LogP) is 2.41. The number of halogens is 3. The molecule has 9 heavy (non-hydrogen) atoms. The van der Waals surface area contributed by atoms with E-state index in [0.29, 0.717) is 4.47 Å². The van der Waals surface area contributed by atoms with Gasteiger partial charge in [-0.1, -0.05) is 15.9 Å². The lowest BCUT2D eigenvalue weighted by Crippen LogP contribution is -1.76. The van der Waals surface area contributed by atoms with E-state index < -0.39 is 5.95 Å². The first kappa shape index (κ1) is 8.85. The molecular weight excluding hydrogens is 208 g/mol. The molecule has 0 aliphatic heterocycles. The van der Waals surface area contributed by atoms with Crippen molar-refractivity contribution < 1.29 is 4.39 Å². The van der Waals surface area contributed by atoms with E-state index in [1.807, 2.05) is 0 Å². The summed E-state index contributed by atoms with van der Waals surface area (Å²) in [5.74, 6) is -0.459. The van der Waals surface area contributed by atoms with Crippen molar-refractivity contribution in [3.63, 3.8) is 0 Å². The Bertz CT molecular complexity index is 177. The van der Waals surface area contributed by atoms with Gasteiger partial charge in [0.1, 0.15) is 0 Å². The Morgan fingerprint density at radius 2 is 2.22 bits per heavy atom. The van der Waals surface area contributed by atoms with Gasteiger partial charge < -0.3 is 0 Å². The summed E-state index contributed by atoms with van der Waals surface area (Å²) in [5, 5.41) is 0. The average Bonchev–Trinajstić information content (AvgIpc) is 1.64. The summed E-state index contributed by atoms with van der Waals surface area (Å²) in [4.78, 5) is 3.34. The van der Waals surface area contributed by atoms with Crippen LogP contribution in [0.2, 0.25) is 0 Å². The maximum atomic E-state index is 12.0. The highest BCUT2D eigenvalue weighted by atomic mass is 79.9. The molecule has 1 nitrogen and oxygen atoms in total. The van der Waals surface area contributed by atoms with Crippen LogP contribution in [-0.4, -0.2) is 4.98 Å². The molecular formula is C5H4BrClFN. The molecule has 1 heterocycles. The van der Waals surface area contributed by atoms with Crippen LogP contribution < -0.4 is 0 Å². The monoisotopic (exact) mass is 211 g/mol. The molecule has 0 radical (unpaired) electrons. The van der Waals surface area contributed by atoms with Crippen molar-refractivity contribution in [3.05, 3.63) is 28.7 Å². The van der Waals surface area contributed by atoms with Gasteiger partial charge in [-0.2, -0.15) is 4.39 Å². The molecule has 0 aromatic carbocycles. The van der Waals surface area contributed by atoms with Crippen molar-refractivity contribution in [3.8, 4) is 0 Å². The lowest BCUT2D eigenvalue weighted by atomic mass is 10.5. The van der Waals surface area contributed by atoms with Crippen molar-refractivity contribution in [2.24, 2.45) is 0 Å². The van der Waals surface area contributed by atoms with Gasteiger partial charge in [0.05, 0.1) is 0 Å². The summed E-state index contributed by atoms with van der Waals surface area (Å²) < 4.78 is 12.7. The number of pyridine rings is 1. The Hall–Kier alpha value is -0.150. The van der Waals surface area contributed by atoms with Crippen LogP contribution in [0, 0.1) is 5.95 Å². The molecule has 0 spiro atoms. The normalized spacial score (nSPS) is 8.22. The first-order valence-electron chi connectivity index (χ1n) is 2.06. The second kappa shape index (κ2) is 3.80. The third-order valence-corrected chi connectivity index (χ3v) is 1.18. The molecule has 4 heteroatoms. The number of hydrogen-bond acceptors (Lipinski definition) is 1. The number of rotatable bonds is 0. The molecule has 0 saturated heterocycles. The fourth-order valence-corrected chi connectivity index (χ4v) is 0.686. The van der Waals surface area contributed by atoms with Crippen LogP contribution in [0.1, 0.15) is 0 Å². The second-order valence-electron chi connectivity index (χ2n) is 1.30. The summed E-state index contributed by atoms with van der Waals surface area (Å²) in [6, 6.07) is 2.98. The molecule has 0 N–H and O–H groups in total.